The van der Waals surface area contributed by atoms with E-state index in [-0.39, 0.29) is 0 Å². The van der Waals surface area contributed by atoms with Crippen molar-refractivity contribution in [3.63, 3.8) is 0 Å². The molecule has 0 spiro atoms. The summed E-state index contributed by atoms with van der Waals surface area (Å²) in [6.45, 7) is 2.29. The molecule has 0 aliphatic carbocycles. The third kappa shape index (κ3) is 14.2. The summed E-state index contributed by atoms with van der Waals surface area (Å²) in [5.41, 5.74) is 30.1. The van der Waals surface area contributed by atoms with Gasteiger partial charge < -0.3 is 38.8 Å². The molecule has 0 saturated carbocycles. The molecule has 4 N–H and O–H groups in total. The van der Waals surface area contributed by atoms with Gasteiger partial charge in [-0.2, -0.15) is 0 Å². The first kappa shape index (κ1) is 69.8. The predicted molar refractivity (Wildman–Crippen MR) is 440 cm³/mol. The lowest BCUT2D eigenvalue weighted by atomic mass is 9.98. The van der Waals surface area contributed by atoms with Crippen molar-refractivity contribution in [3.8, 4) is 56.0 Å². The number of nitrogens with zero attached hydrogens (tertiary/aromatic N) is 10. The lowest BCUT2D eigenvalue weighted by Gasteiger charge is -2.16. The summed E-state index contributed by atoms with van der Waals surface area (Å²) in [6.07, 6.45) is 50.4. The minimum atomic E-state index is 0.359. The number of hydrogen-bond acceptors (Lipinski definition) is 9. The van der Waals surface area contributed by atoms with Gasteiger partial charge in [-0.1, -0.05) is 24.3 Å². The van der Waals surface area contributed by atoms with Crippen LogP contribution in [-0.4, -0.2) is 93.6 Å². The van der Waals surface area contributed by atoms with E-state index in [1.807, 2.05) is 89.7 Å². The van der Waals surface area contributed by atoms with Gasteiger partial charge in [-0.05, 0) is 160 Å². The third-order valence-electron chi connectivity index (χ3n) is 20.8. The van der Waals surface area contributed by atoms with Crippen molar-refractivity contribution in [2.24, 2.45) is 45.2 Å². The second-order valence-corrected chi connectivity index (χ2v) is 28.5. The first-order valence-electron chi connectivity index (χ1n) is 37.6. The molecule has 0 saturated heterocycles. The van der Waals surface area contributed by atoms with Gasteiger partial charge in [-0.25, -0.2) is 47.8 Å². The van der Waals surface area contributed by atoms with Crippen molar-refractivity contribution in [1.29, 1.82) is 0 Å². The molecule has 0 radical (unpaired) electrons. The second kappa shape index (κ2) is 30.3. The van der Waals surface area contributed by atoms with Crippen molar-refractivity contribution in [3.05, 3.63) is 342 Å². The fourth-order valence-corrected chi connectivity index (χ4v) is 15.0. The summed E-state index contributed by atoms with van der Waals surface area (Å²) in [5, 5.41) is 0. The molecule has 7 aliphatic rings. The monoisotopic (exact) mass is 1470 g/mol. The number of pyridine rings is 5. The molecule has 112 heavy (non-hydrogen) atoms. The molecular weight excluding hydrogens is 1390 g/mol. The highest BCUT2D eigenvalue weighted by atomic mass is 16.6. The van der Waals surface area contributed by atoms with E-state index < -0.39 is 0 Å². The lowest BCUT2D eigenvalue weighted by Crippen LogP contribution is -2.68. The zero-order valence-corrected chi connectivity index (χ0v) is 63.1. The number of benzene rings is 2. The van der Waals surface area contributed by atoms with E-state index in [9.17, 15) is 0 Å². The van der Waals surface area contributed by atoms with Gasteiger partial charge in [-0.3, -0.25) is 0 Å². The van der Waals surface area contributed by atoms with Crippen LogP contribution in [0.3, 0.4) is 0 Å². The van der Waals surface area contributed by atoms with E-state index in [2.05, 4.69) is 293 Å². The zero-order chi connectivity index (χ0) is 75.8. The van der Waals surface area contributed by atoms with E-state index >= 15 is 0 Å². The number of H-pyrrole nitrogens is 3. The van der Waals surface area contributed by atoms with Crippen LogP contribution in [-0.2, 0) is 44.7 Å². The van der Waals surface area contributed by atoms with Crippen molar-refractivity contribution in [2.45, 2.75) is 0 Å². The van der Waals surface area contributed by atoms with Crippen LogP contribution < -0.4 is 37.3 Å². The van der Waals surface area contributed by atoms with Crippen LogP contribution in [0.15, 0.2) is 301 Å². The summed E-state index contributed by atoms with van der Waals surface area (Å²) in [5.74, 6) is 1.45. The fraction of sp³-hybridized carbons (Fsp3) is 0.128. The molecule has 18 rings (SSSR count). The molecule has 18 nitrogen and oxygen atoms in total. The quantitative estimate of drug-likeness (QED) is 0.0489. The minimum Gasteiger partial charge on any atom is -0.491 e. The van der Waals surface area contributed by atoms with Crippen LogP contribution in [0.5, 0.6) is 11.5 Å². The van der Waals surface area contributed by atoms with Gasteiger partial charge in [0.05, 0.1) is 83.2 Å². The SMILES string of the molecule is CN1C=CC(=C2C3=NC(=C(c4cc[n+](C)cc4)C4=[NH+]C(=C(c5ccc(OCCOCCOCCOc6ccc(-c7c8nc(c(-c9cc[n+](C)cc9)c9nc(c(-c%10cc[n+](C)cc%10)c%10ccc([nH]%10)c(-c%10cc[n+](C)cc%10)c%10ccc7[nH]%10)C=C9)C=C8)cc6)cc5)C5=NC(=C(c6cc[n+](C)cc6)c6ccc2[nH]6)C=C5)C=C4)C=C3)C=C1. The summed E-state index contributed by atoms with van der Waals surface area (Å²) < 4.78 is 34.9. The average Bonchev–Trinajstić information content (AvgIpc) is 1.62. The number of aromatic nitrogens is 10. The van der Waals surface area contributed by atoms with Crippen LogP contribution >= 0.6 is 0 Å². The maximum Gasteiger partial charge on any atom is 0.214 e. The number of ether oxygens (including phenoxy) is 4. The number of fused-ring (bicyclic) bond motifs is 13. The first-order chi connectivity index (χ1) is 54.9. The van der Waals surface area contributed by atoms with E-state index in [1.54, 1.807) is 0 Å². The topological polar surface area (TPSA) is 171 Å². The Labute approximate surface area is 648 Å². The normalized spacial score (nSPS) is 14.7. The average molecular weight is 1470 g/mol. The smallest absolute Gasteiger partial charge is 0.214 e. The number of rotatable bonds is 18. The molecule has 0 amide bonds. The number of aryl methyl sites for hydroxylation is 5. The minimum absolute atomic E-state index is 0.359. The number of allylic oxidation sites excluding steroid dienone is 12. The van der Waals surface area contributed by atoms with Crippen molar-refractivity contribution in [1.82, 2.24) is 29.8 Å². The maximum absolute atomic E-state index is 6.30. The molecule has 0 fully saturated rings. The van der Waals surface area contributed by atoms with E-state index in [0.717, 1.165) is 191 Å². The van der Waals surface area contributed by atoms with Gasteiger partial charge in [0.25, 0.3) is 0 Å². The Kier molecular flexibility index (Phi) is 18.8. The van der Waals surface area contributed by atoms with E-state index in [4.69, 9.17) is 38.9 Å². The Morgan fingerprint density at radius 1 is 0.330 bits per heavy atom. The highest BCUT2D eigenvalue weighted by Crippen LogP contribution is 2.41. The van der Waals surface area contributed by atoms with Crippen LogP contribution in [0.4, 0.5) is 0 Å². The molecule has 9 aromatic heterocycles. The standard InChI is InChI=1S/C94H80N14O4/c1-103-43-31-63(32-44-103)89-75-19-15-71(95-75)87(72-16-20-76(96-72)90(64-33-45-104(2)46-34-64)80-24-28-84(100-80)93(83-27-23-79(89)99-83)67-39-51-107(5)52-40-67)61-7-11-69(12-8-61)111-59-57-109-55-56-110-58-60-112-70-13-9-62(10-14-70)88-73-17-21-77(97-73)91(65-35-47-105(3)48-36-65)81-25-29-85(101-81)94(68-41-53-108(6)54-42-68)86-30-26-82(102-86)92(78-22-18-74(88)98-78)66-37-49-106(4)50-38-66/h7-54H,55-60H2,1-6H3,(H2,95,96,97,98,99,100,101,102)/q+4/p+2. The van der Waals surface area contributed by atoms with Gasteiger partial charge in [0.2, 0.25) is 11.4 Å². The van der Waals surface area contributed by atoms with Gasteiger partial charge >= 0.3 is 0 Å². The van der Waals surface area contributed by atoms with Gasteiger partial charge in [0.1, 0.15) is 60.0 Å². The highest BCUT2D eigenvalue weighted by molar-refractivity contribution is 6.36. The lowest BCUT2D eigenvalue weighted by molar-refractivity contribution is -0.671. The molecule has 16 heterocycles. The van der Waals surface area contributed by atoms with Crippen LogP contribution in [0.1, 0.15) is 50.9 Å². The Morgan fingerprint density at radius 3 is 1.20 bits per heavy atom. The summed E-state index contributed by atoms with van der Waals surface area (Å²) in [4.78, 5) is 39.5. The molecular formula is C94H82N14O4+6. The Balaban J connectivity index is 0.564. The van der Waals surface area contributed by atoms with Gasteiger partial charge in [0, 0.05) is 165 Å². The number of hydrogen-bond donors (Lipinski definition) is 4. The summed E-state index contributed by atoms with van der Waals surface area (Å²) >= 11 is 0. The Bertz CT molecular complexity index is 6230. The highest BCUT2D eigenvalue weighted by Gasteiger charge is 2.32. The first-order valence-corrected chi connectivity index (χ1v) is 37.6. The summed E-state index contributed by atoms with van der Waals surface area (Å²) in [7, 11) is 12.2. The predicted octanol–water partition coefficient (Wildman–Crippen LogP) is 12.7. The molecule has 7 aliphatic heterocycles. The Morgan fingerprint density at radius 2 is 0.705 bits per heavy atom. The van der Waals surface area contributed by atoms with Crippen LogP contribution in [0, 0.1) is 0 Å². The van der Waals surface area contributed by atoms with E-state index in [1.165, 1.54) is 0 Å². The van der Waals surface area contributed by atoms with Crippen molar-refractivity contribution < 1.29 is 46.8 Å². The van der Waals surface area contributed by atoms with Crippen molar-refractivity contribution >= 4 is 85.8 Å². The number of aliphatic imine (C=N–C) groups is 2. The van der Waals surface area contributed by atoms with Crippen LogP contribution in [0.25, 0.3) is 113 Å². The number of nitrogens with one attached hydrogen (secondary N) is 4. The Hall–Kier alpha value is -13.9. The third-order valence-corrected chi connectivity index (χ3v) is 20.8. The molecule has 0 unspecified atom stereocenters. The zero-order valence-electron chi connectivity index (χ0n) is 63.1. The molecule has 2 aromatic carbocycles. The molecule has 0 atom stereocenters. The molecule has 18 heteroatoms. The van der Waals surface area contributed by atoms with Gasteiger partial charge in [0.15, 0.2) is 62.0 Å². The molecule has 11 aromatic rings. The largest absolute Gasteiger partial charge is 0.491 e. The second-order valence-electron chi connectivity index (χ2n) is 28.5. The maximum atomic E-state index is 6.30. The van der Waals surface area contributed by atoms with E-state index in [0.29, 0.717) is 39.6 Å². The van der Waals surface area contributed by atoms with Gasteiger partial charge in [-0.15, -0.1) is 0 Å². The fourth-order valence-electron chi connectivity index (χ4n) is 15.0. The molecule has 16 bridgehead atoms. The van der Waals surface area contributed by atoms with Crippen LogP contribution in [0.2, 0.25) is 0 Å². The van der Waals surface area contributed by atoms with Crippen molar-refractivity contribution in [2.75, 3.05) is 46.7 Å². The summed E-state index contributed by atoms with van der Waals surface area (Å²) in [6, 6.07) is 50.8. The molecule has 546 valence electrons. The number of aromatic amines is 3.